The molecule has 0 aliphatic heterocycles. The van der Waals surface area contributed by atoms with E-state index in [1.165, 1.54) is 6.07 Å². The second-order valence-corrected chi connectivity index (χ2v) is 4.67. The molecule has 1 heterocycles. The summed E-state index contributed by atoms with van der Waals surface area (Å²) in [5, 5.41) is 3.06. The Morgan fingerprint density at radius 2 is 2.29 bits per heavy atom. The standard InChI is InChI=1S/C12H13BrFN3/c1-17-7-6-16-12(17)4-5-15-11-8-9(13)2-3-10(11)14/h2-3,6-8,15H,4-5H2,1H3. The third-order valence-corrected chi connectivity index (χ3v) is 3.01. The number of imidazole rings is 1. The monoisotopic (exact) mass is 297 g/mol. The Kier molecular flexibility index (Phi) is 3.78. The van der Waals surface area contributed by atoms with Crippen molar-refractivity contribution in [2.24, 2.45) is 7.05 Å². The van der Waals surface area contributed by atoms with Gasteiger partial charge in [0.2, 0.25) is 0 Å². The van der Waals surface area contributed by atoms with E-state index < -0.39 is 0 Å². The number of benzene rings is 1. The first-order chi connectivity index (χ1) is 8.16. The summed E-state index contributed by atoms with van der Waals surface area (Å²) in [6.07, 6.45) is 4.42. The molecule has 0 atom stereocenters. The summed E-state index contributed by atoms with van der Waals surface area (Å²) in [7, 11) is 1.95. The molecule has 0 bridgehead atoms. The Hall–Kier alpha value is -1.36. The maximum Gasteiger partial charge on any atom is 0.146 e. The van der Waals surface area contributed by atoms with Gasteiger partial charge in [0, 0.05) is 36.9 Å². The van der Waals surface area contributed by atoms with E-state index >= 15 is 0 Å². The SMILES string of the molecule is Cn1ccnc1CCNc1cc(Br)ccc1F. The fourth-order valence-corrected chi connectivity index (χ4v) is 1.94. The maximum atomic E-state index is 13.4. The first-order valence-electron chi connectivity index (χ1n) is 5.32. The van der Waals surface area contributed by atoms with Crippen molar-refractivity contribution in [3.63, 3.8) is 0 Å². The van der Waals surface area contributed by atoms with E-state index in [0.717, 1.165) is 16.7 Å². The second-order valence-electron chi connectivity index (χ2n) is 3.76. The van der Waals surface area contributed by atoms with Crippen molar-refractivity contribution in [3.05, 3.63) is 46.7 Å². The van der Waals surface area contributed by atoms with Gasteiger partial charge in [0.1, 0.15) is 11.6 Å². The summed E-state index contributed by atoms with van der Waals surface area (Å²) < 4.78 is 16.2. The first kappa shape index (κ1) is 12.1. The number of hydrogen-bond acceptors (Lipinski definition) is 2. The molecule has 1 N–H and O–H groups in total. The van der Waals surface area contributed by atoms with Crippen molar-refractivity contribution in [3.8, 4) is 0 Å². The number of nitrogens with zero attached hydrogens (tertiary/aromatic N) is 2. The van der Waals surface area contributed by atoms with Crippen molar-refractivity contribution in [1.82, 2.24) is 9.55 Å². The number of anilines is 1. The highest BCUT2D eigenvalue weighted by Crippen LogP contribution is 2.19. The van der Waals surface area contributed by atoms with Crippen LogP contribution >= 0.6 is 15.9 Å². The second kappa shape index (κ2) is 5.31. The minimum absolute atomic E-state index is 0.243. The van der Waals surface area contributed by atoms with Crippen molar-refractivity contribution in [2.45, 2.75) is 6.42 Å². The topological polar surface area (TPSA) is 29.9 Å². The van der Waals surface area contributed by atoms with Crippen LogP contribution in [0.5, 0.6) is 0 Å². The number of rotatable bonds is 4. The zero-order chi connectivity index (χ0) is 12.3. The lowest BCUT2D eigenvalue weighted by Crippen LogP contribution is -2.09. The fraction of sp³-hybridized carbons (Fsp3) is 0.250. The lowest BCUT2D eigenvalue weighted by atomic mass is 10.3. The molecule has 0 unspecified atom stereocenters. The van der Waals surface area contributed by atoms with Gasteiger partial charge in [-0.3, -0.25) is 0 Å². The van der Waals surface area contributed by atoms with E-state index in [4.69, 9.17) is 0 Å². The molecule has 0 spiro atoms. The van der Waals surface area contributed by atoms with Gasteiger partial charge in [0.15, 0.2) is 0 Å². The summed E-state index contributed by atoms with van der Waals surface area (Å²) in [5.74, 6) is 0.737. The van der Waals surface area contributed by atoms with Gasteiger partial charge < -0.3 is 9.88 Å². The molecule has 3 nitrogen and oxygen atoms in total. The summed E-state index contributed by atoms with van der Waals surface area (Å²) in [5.41, 5.74) is 0.508. The van der Waals surface area contributed by atoms with Gasteiger partial charge >= 0.3 is 0 Å². The molecule has 1 aromatic carbocycles. The molecule has 1 aromatic heterocycles. The fourth-order valence-electron chi connectivity index (χ4n) is 1.58. The van der Waals surface area contributed by atoms with Gasteiger partial charge in [0.25, 0.3) is 0 Å². The van der Waals surface area contributed by atoms with Crippen molar-refractivity contribution in [1.29, 1.82) is 0 Å². The molecule has 17 heavy (non-hydrogen) atoms. The molecule has 0 radical (unpaired) electrons. The van der Waals surface area contributed by atoms with E-state index in [9.17, 15) is 4.39 Å². The van der Waals surface area contributed by atoms with Crippen LogP contribution in [0.3, 0.4) is 0 Å². The van der Waals surface area contributed by atoms with Crippen molar-refractivity contribution < 1.29 is 4.39 Å². The molecule has 90 valence electrons. The highest BCUT2D eigenvalue weighted by atomic mass is 79.9. The third kappa shape index (κ3) is 3.06. The number of halogens is 2. The molecule has 2 aromatic rings. The molecule has 0 amide bonds. The van der Waals surface area contributed by atoms with Crippen LogP contribution in [0.2, 0.25) is 0 Å². The Bertz CT molecular complexity index is 510. The van der Waals surface area contributed by atoms with E-state index in [1.807, 2.05) is 17.8 Å². The van der Waals surface area contributed by atoms with Gasteiger partial charge in [-0.1, -0.05) is 15.9 Å². The summed E-state index contributed by atoms with van der Waals surface area (Å²) in [4.78, 5) is 4.21. The van der Waals surface area contributed by atoms with E-state index in [2.05, 4.69) is 26.2 Å². The zero-order valence-electron chi connectivity index (χ0n) is 9.45. The zero-order valence-corrected chi connectivity index (χ0v) is 11.0. The molecular formula is C12H13BrFN3. The van der Waals surface area contributed by atoms with E-state index in [1.54, 1.807) is 18.3 Å². The van der Waals surface area contributed by atoms with Gasteiger partial charge in [-0.05, 0) is 18.2 Å². The average Bonchev–Trinajstić information content (AvgIpc) is 2.70. The van der Waals surface area contributed by atoms with E-state index in [0.29, 0.717) is 12.2 Å². The van der Waals surface area contributed by atoms with Crippen LogP contribution in [0.15, 0.2) is 35.1 Å². The Morgan fingerprint density at radius 3 is 3.00 bits per heavy atom. The molecule has 0 fully saturated rings. The number of hydrogen-bond donors (Lipinski definition) is 1. The van der Waals surface area contributed by atoms with Crippen LogP contribution < -0.4 is 5.32 Å². The Morgan fingerprint density at radius 1 is 1.47 bits per heavy atom. The average molecular weight is 298 g/mol. The predicted octanol–water partition coefficient (Wildman–Crippen LogP) is 2.98. The smallest absolute Gasteiger partial charge is 0.146 e. The number of aromatic nitrogens is 2. The molecule has 0 saturated carbocycles. The minimum atomic E-state index is -0.243. The molecule has 5 heteroatoms. The van der Waals surface area contributed by atoms with Crippen LogP contribution in [0, 0.1) is 5.82 Å². The van der Waals surface area contributed by atoms with Crippen molar-refractivity contribution in [2.75, 3.05) is 11.9 Å². The van der Waals surface area contributed by atoms with Crippen LogP contribution in [-0.2, 0) is 13.5 Å². The van der Waals surface area contributed by atoms with Gasteiger partial charge in [-0.15, -0.1) is 0 Å². The van der Waals surface area contributed by atoms with Crippen LogP contribution in [0.25, 0.3) is 0 Å². The first-order valence-corrected chi connectivity index (χ1v) is 6.11. The van der Waals surface area contributed by atoms with Crippen LogP contribution in [0.4, 0.5) is 10.1 Å². The lowest BCUT2D eigenvalue weighted by molar-refractivity contribution is 0.629. The van der Waals surface area contributed by atoms with Gasteiger partial charge in [-0.2, -0.15) is 0 Å². The molecule has 0 aliphatic rings. The van der Waals surface area contributed by atoms with Crippen LogP contribution in [-0.4, -0.2) is 16.1 Å². The van der Waals surface area contributed by atoms with Crippen molar-refractivity contribution >= 4 is 21.6 Å². The normalized spacial score (nSPS) is 10.5. The Labute approximate surface area is 108 Å². The summed E-state index contributed by atoms with van der Waals surface area (Å²) in [6, 6.07) is 4.85. The molecule has 0 aliphatic carbocycles. The van der Waals surface area contributed by atoms with Gasteiger partial charge in [-0.25, -0.2) is 9.37 Å². The summed E-state index contributed by atoms with van der Waals surface area (Å²) in [6.45, 7) is 0.651. The molecule has 0 saturated heterocycles. The highest BCUT2D eigenvalue weighted by molar-refractivity contribution is 9.10. The highest BCUT2D eigenvalue weighted by Gasteiger charge is 2.03. The third-order valence-electron chi connectivity index (χ3n) is 2.51. The van der Waals surface area contributed by atoms with Gasteiger partial charge in [0.05, 0.1) is 5.69 Å². The molecule has 2 rings (SSSR count). The maximum absolute atomic E-state index is 13.4. The summed E-state index contributed by atoms with van der Waals surface area (Å²) >= 11 is 3.32. The molecular weight excluding hydrogens is 285 g/mol. The van der Waals surface area contributed by atoms with E-state index in [-0.39, 0.29) is 5.82 Å². The quantitative estimate of drug-likeness (QED) is 0.940. The van der Waals surface area contributed by atoms with Crippen LogP contribution in [0.1, 0.15) is 5.82 Å². The Balaban J connectivity index is 1.94. The lowest BCUT2D eigenvalue weighted by Gasteiger charge is -2.08. The minimum Gasteiger partial charge on any atom is -0.382 e. The predicted molar refractivity (Wildman–Crippen MR) is 69.5 cm³/mol. The largest absolute Gasteiger partial charge is 0.382 e. The number of nitrogens with one attached hydrogen (secondary N) is 1. The number of aryl methyl sites for hydroxylation is 1.